The number of esters is 1. The first-order valence-electron chi connectivity index (χ1n) is 20.2. The monoisotopic (exact) mass is 800 g/mol. The molecule has 12 nitrogen and oxygen atoms in total. The minimum atomic E-state index is -3.10. The molecule has 1 aliphatic carbocycles. The minimum Gasteiger partial charge on any atom is -0.463 e. The van der Waals surface area contributed by atoms with Gasteiger partial charge in [0.2, 0.25) is 11.8 Å². The molecule has 3 atom stereocenters. The number of hydrogen-bond acceptors (Lipinski definition) is 9. The molecule has 2 aliphatic heterocycles. The first-order chi connectivity index (χ1) is 27.4. The van der Waals surface area contributed by atoms with Gasteiger partial charge in [0.1, 0.15) is 34.7 Å². The predicted octanol–water partition coefficient (Wildman–Crippen LogP) is 4.87. The van der Waals surface area contributed by atoms with E-state index in [2.05, 4.69) is 10.2 Å². The number of rotatable bonds is 17. The maximum atomic E-state index is 14.4. The van der Waals surface area contributed by atoms with Crippen LogP contribution in [0.25, 0.3) is 0 Å². The summed E-state index contributed by atoms with van der Waals surface area (Å²) in [7, 11) is -3.10. The lowest BCUT2D eigenvalue weighted by molar-refractivity contribution is -0.150. The summed E-state index contributed by atoms with van der Waals surface area (Å²) in [5.41, 5.74) is 2.45. The molecule has 1 saturated carbocycles. The van der Waals surface area contributed by atoms with Gasteiger partial charge in [-0.1, -0.05) is 92.1 Å². The van der Waals surface area contributed by atoms with Gasteiger partial charge in [0, 0.05) is 62.5 Å². The molecular formula is C44H56N4O8S. The highest BCUT2D eigenvalue weighted by Gasteiger charge is 2.49. The molecule has 0 spiro atoms. The SMILES string of the molecule is CC(=O)N1[C@H](Cc2ccccc2)C(=O)N(c2ccc(CC(NC(=O)C3(CCCCS(C)(=O)=O)CCCC3)C(=O)OCCN3CCOCC3)cc2)[C@@H]1c1ccccc1. The highest BCUT2D eigenvalue weighted by molar-refractivity contribution is 7.90. The normalized spacial score (nSPS) is 20.4. The zero-order valence-electron chi connectivity index (χ0n) is 33.1. The Hall–Kier alpha value is -4.59. The molecule has 3 aromatic carbocycles. The fraction of sp³-hybridized carbons (Fsp3) is 0.500. The number of nitrogens with one attached hydrogen (secondary N) is 1. The van der Waals surface area contributed by atoms with Gasteiger partial charge < -0.3 is 19.7 Å². The van der Waals surface area contributed by atoms with E-state index < -0.39 is 39.5 Å². The lowest BCUT2D eigenvalue weighted by Gasteiger charge is -2.31. The predicted molar refractivity (Wildman–Crippen MR) is 218 cm³/mol. The molecule has 2 heterocycles. The fourth-order valence-corrected chi connectivity index (χ4v) is 9.25. The van der Waals surface area contributed by atoms with Crippen LogP contribution < -0.4 is 10.2 Å². The highest BCUT2D eigenvalue weighted by Crippen LogP contribution is 2.43. The van der Waals surface area contributed by atoms with Gasteiger partial charge in [-0.3, -0.25) is 24.2 Å². The maximum Gasteiger partial charge on any atom is 0.329 e. The van der Waals surface area contributed by atoms with Crippen LogP contribution in [0.4, 0.5) is 5.69 Å². The molecule has 1 N–H and O–H groups in total. The second kappa shape index (κ2) is 19.2. The number of anilines is 1. The summed E-state index contributed by atoms with van der Waals surface area (Å²) in [6.45, 7) is 5.00. The highest BCUT2D eigenvalue weighted by atomic mass is 32.2. The van der Waals surface area contributed by atoms with E-state index in [1.807, 2.05) is 84.9 Å². The first kappa shape index (κ1) is 42.0. The number of morpholine rings is 1. The first-order valence-corrected chi connectivity index (χ1v) is 22.3. The molecule has 1 unspecified atom stereocenters. The number of nitrogens with zero attached hydrogens (tertiary/aromatic N) is 3. The molecule has 6 rings (SSSR count). The Morgan fingerprint density at radius 1 is 0.895 bits per heavy atom. The third-order valence-electron chi connectivity index (χ3n) is 11.6. The van der Waals surface area contributed by atoms with Crippen LogP contribution in [0.5, 0.6) is 0 Å². The van der Waals surface area contributed by atoms with Gasteiger partial charge in [0.25, 0.3) is 5.91 Å². The van der Waals surface area contributed by atoms with Crippen molar-refractivity contribution in [2.75, 3.05) is 56.4 Å². The standard InChI is InChI=1S/C44H56N4O8S/c1-33(49)47-39(32-34-13-5-3-6-14-34)41(50)48(40(47)36-15-7-4-8-16-36)37-19-17-35(18-20-37)31-38(42(51)56-29-26-46-24-27-55-28-25-46)45-43(52)44(21-9-10-22-44)23-11-12-30-57(2,53)54/h3-8,13-20,38-40H,9-12,21-32H2,1-2H3,(H,45,52)/t38?,39-,40-/m1/s1. The van der Waals surface area contributed by atoms with E-state index in [1.54, 1.807) is 9.80 Å². The number of sulfone groups is 1. The van der Waals surface area contributed by atoms with Crippen LogP contribution in [0.15, 0.2) is 84.9 Å². The Balaban J connectivity index is 1.23. The van der Waals surface area contributed by atoms with Crippen LogP contribution in [-0.4, -0.2) is 105 Å². The second-order valence-electron chi connectivity index (χ2n) is 15.7. The van der Waals surface area contributed by atoms with Crippen LogP contribution in [0.3, 0.4) is 0 Å². The molecule has 2 saturated heterocycles. The number of benzene rings is 3. The molecular weight excluding hydrogens is 745 g/mol. The zero-order chi connectivity index (χ0) is 40.4. The van der Waals surface area contributed by atoms with Crippen molar-refractivity contribution in [1.29, 1.82) is 0 Å². The van der Waals surface area contributed by atoms with Crippen molar-refractivity contribution in [2.24, 2.45) is 5.41 Å². The fourth-order valence-electron chi connectivity index (χ4n) is 8.52. The van der Waals surface area contributed by atoms with Gasteiger partial charge >= 0.3 is 5.97 Å². The third-order valence-corrected chi connectivity index (χ3v) is 12.6. The van der Waals surface area contributed by atoms with E-state index in [9.17, 15) is 27.6 Å². The van der Waals surface area contributed by atoms with Crippen LogP contribution in [0.2, 0.25) is 0 Å². The molecule has 57 heavy (non-hydrogen) atoms. The number of carbonyl (C=O) groups excluding carboxylic acids is 4. The van der Waals surface area contributed by atoms with Crippen molar-refractivity contribution in [1.82, 2.24) is 15.1 Å². The third kappa shape index (κ3) is 10.9. The Morgan fingerprint density at radius 3 is 2.18 bits per heavy atom. The Labute approximate surface area is 336 Å². The van der Waals surface area contributed by atoms with E-state index >= 15 is 0 Å². The molecule has 3 fully saturated rings. The van der Waals surface area contributed by atoms with Gasteiger partial charge in [-0.25, -0.2) is 13.2 Å². The van der Waals surface area contributed by atoms with Crippen molar-refractivity contribution < 1.29 is 37.1 Å². The lowest BCUT2D eigenvalue weighted by Crippen LogP contribution is -2.49. The summed E-state index contributed by atoms with van der Waals surface area (Å²) in [5, 5.41) is 3.07. The Kier molecular flexibility index (Phi) is 14.2. The van der Waals surface area contributed by atoms with Crippen LogP contribution >= 0.6 is 0 Å². The van der Waals surface area contributed by atoms with Crippen molar-refractivity contribution in [3.63, 3.8) is 0 Å². The van der Waals surface area contributed by atoms with Gasteiger partial charge in [-0.05, 0) is 54.5 Å². The topological polar surface area (TPSA) is 143 Å². The Bertz CT molecular complexity index is 1930. The average Bonchev–Trinajstić information content (AvgIpc) is 3.80. The molecule has 0 aromatic heterocycles. The summed E-state index contributed by atoms with van der Waals surface area (Å²) < 4.78 is 34.8. The maximum absolute atomic E-state index is 14.4. The number of carbonyl (C=O) groups is 4. The van der Waals surface area contributed by atoms with E-state index in [0.717, 1.165) is 42.6 Å². The van der Waals surface area contributed by atoms with Crippen molar-refractivity contribution in [2.45, 2.75) is 83.0 Å². The summed E-state index contributed by atoms with van der Waals surface area (Å²) in [6.07, 6.45) is 5.87. The summed E-state index contributed by atoms with van der Waals surface area (Å²) >= 11 is 0. The van der Waals surface area contributed by atoms with Crippen molar-refractivity contribution in [3.05, 3.63) is 102 Å². The number of ether oxygens (including phenoxy) is 2. The van der Waals surface area contributed by atoms with Gasteiger partial charge in [-0.2, -0.15) is 0 Å². The number of amides is 3. The lowest BCUT2D eigenvalue weighted by atomic mass is 9.80. The molecule has 3 aliphatic rings. The quantitative estimate of drug-likeness (QED) is 0.150. The van der Waals surface area contributed by atoms with Gasteiger partial charge in [-0.15, -0.1) is 0 Å². The van der Waals surface area contributed by atoms with Gasteiger partial charge in [0.15, 0.2) is 0 Å². The van der Waals surface area contributed by atoms with Crippen molar-refractivity contribution >= 4 is 39.2 Å². The molecule has 3 aromatic rings. The second-order valence-corrected chi connectivity index (χ2v) is 18.0. The van der Waals surface area contributed by atoms with Gasteiger partial charge in [0.05, 0.1) is 13.2 Å². The van der Waals surface area contributed by atoms with Crippen LogP contribution in [0.1, 0.15) is 74.7 Å². The molecule has 13 heteroatoms. The largest absolute Gasteiger partial charge is 0.463 e. The van der Waals surface area contributed by atoms with E-state index in [0.29, 0.717) is 64.0 Å². The van der Waals surface area contributed by atoms with E-state index in [-0.39, 0.29) is 36.5 Å². The average molecular weight is 801 g/mol. The molecule has 0 radical (unpaired) electrons. The smallest absolute Gasteiger partial charge is 0.329 e. The molecule has 306 valence electrons. The molecule has 3 amide bonds. The summed E-state index contributed by atoms with van der Waals surface area (Å²) in [4.78, 5) is 61.1. The van der Waals surface area contributed by atoms with E-state index in [4.69, 9.17) is 9.47 Å². The summed E-state index contributed by atoms with van der Waals surface area (Å²) in [5.74, 6) is -1.05. The van der Waals surface area contributed by atoms with Crippen LogP contribution in [-0.2, 0) is 51.3 Å². The Morgan fingerprint density at radius 2 is 1.54 bits per heavy atom. The minimum absolute atomic E-state index is 0.0778. The van der Waals surface area contributed by atoms with E-state index in [1.165, 1.54) is 13.2 Å². The zero-order valence-corrected chi connectivity index (χ0v) is 34.0. The number of hydrogen-bond donors (Lipinski definition) is 1. The van der Waals surface area contributed by atoms with Crippen molar-refractivity contribution in [3.8, 4) is 0 Å². The molecule has 0 bridgehead atoms. The number of unbranched alkanes of at least 4 members (excludes halogenated alkanes) is 1. The summed E-state index contributed by atoms with van der Waals surface area (Å²) in [6, 6.07) is 24.9. The van der Waals surface area contributed by atoms with Crippen LogP contribution in [0, 0.1) is 5.41 Å².